The fourth-order valence-electron chi connectivity index (χ4n) is 1.97. The van der Waals surface area contributed by atoms with E-state index in [9.17, 15) is 26.7 Å². The lowest BCUT2D eigenvalue weighted by Crippen LogP contribution is -2.57. The van der Waals surface area contributed by atoms with Gasteiger partial charge in [0.05, 0.1) is 0 Å². The van der Waals surface area contributed by atoms with Gasteiger partial charge in [0.25, 0.3) is 0 Å². The Kier molecular flexibility index (Phi) is 5.31. The van der Waals surface area contributed by atoms with Crippen LogP contribution in [0.1, 0.15) is 6.92 Å². The standard InChI is InChI=1S/C11H18F5N3O/c1-8(6-17)7-18-2-4-19(5-3-18)9(20)10(12,13)11(14,15)16/h8H,2-7,17H2,1H3. The molecule has 1 heterocycles. The van der Waals surface area contributed by atoms with Gasteiger partial charge in [-0.15, -0.1) is 0 Å². The highest BCUT2D eigenvalue weighted by Crippen LogP contribution is 2.37. The van der Waals surface area contributed by atoms with Crippen molar-refractivity contribution < 1.29 is 26.7 Å². The maximum absolute atomic E-state index is 12.9. The van der Waals surface area contributed by atoms with Gasteiger partial charge in [-0.2, -0.15) is 22.0 Å². The molecule has 0 spiro atoms. The Balaban J connectivity index is 2.55. The maximum Gasteiger partial charge on any atom is 0.463 e. The van der Waals surface area contributed by atoms with E-state index in [0.717, 1.165) is 0 Å². The van der Waals surface area contributed by atoms with Crippen LogP contribution in [0.5, 0.6) is 0 Å². The van der Waals surface area contributed by atoms with Crippen LogP contribution in [0.4, 0.5) is 22.0 Å². The predicted octanol–water partition coefficient (Wildman–Crippen LogP) is 0.923. The van der Waals surface area contributed by atoms with Crippen molar-refractivity contribution in [3.05, 3.63) is 0 Å². The van der Waals surface area contributed by atoms with Gasteiger partial charge in [-0.25, -0.2) is 0 Å². The van der Waals surface area contributed by atoms with E-state index in [1.165, 1.54) is 0 Å². The number of piperazine rings is 1. The van der Waals surface area contributed by atoms with E-state index in [4.69, 9.17) is 5.73 Å². The van der Waals surface area contributed by atoms with Crippen LogP contribution >= 0.6 is 0 Å². The number of hydrogen-bond acceptors (Lipinski definition) is 3. The first-order valence-corrected chi connectivity index (χ1v) is 6.26. The number of nitrogens with two attached hydrogens (primary N) is 1. The van der Waals surface area contributed by atoms with Gasteiger partial charge in [0, 0.05) is 32.7 Å². The van der Waals surface area contributed by atoms with Crippen LogP contribution in [-0.2, 0) is 4.79 Å². The molecule has 0 aromatic rings. The van der Waals surface area contributed by atoms with Gasteiger partial charge in [-0.05, 0) is 12.5 Å². The molecule has 1 aliphatic rings. The molecule has 0 aromatic carbocycles. The van der Waals surface area contributed by atoms with Gasteiger partial charge in [-0.1, -0.05) is 6.92 Å². The smallest absolute Gasteiger partial charge is 0.335 e. The average Bonchev–Trinajstić information content (AvgIpc) is 2.37. The summed E-state index contributed by atoms with van der Waals surface area (Å²) in [5.74, 6) is -7.29. The molecule has 4 nitrogen and oxygen atoms in total. The van der Waals surface area contributed by atoms with E-state index in [1.807, 2.05) is 11.8 Å². The van der Waals surface area contributed by atoms with Crippen molar-refractivity contribution in [1.82, 2.24) is 9.80 Å². The zero-order valence-electron chi connectivity index (χ0n) is 11.1. The Labute approximate surface area is 113 Å². The second kappa shape index (κ2) is 6.21. The molecule has 0 aliphatic carbocycles. The van der Waals surface area contributed by atoms with Crippen molar-refractivity contribution in [2.75, 3.05) is 39.3 Å². The Morgan fingerprint density at radius 3 is 2.05 bits per heavy atom. The fourth-order valence-corrected chi connectivity index (χ4v) is 1.97. The highest BCUT2D eigenvalue weighted by Gasteiger charge is 2.64. The summed E-state index contributed by atoms with van der Waals surface area (Å²) in [5.41, 5.74) is 5.45. The predicted molar refractivity (Wildman–Crippen MR) is 62.2 cm³/mol. The van der Waals surface area contributed by atoms with E-state index < -0.39 is 18.0 Å². The molecule has 0 aromatic heterocycles. The molecule has 20 heavy (non-hydrogen) atoms. The molecule has 1 fully saturated rings. The highest BCUT2D eigenvalue weighted by atomic mass is 19.4. The molecule has 2 N–H and O–H groups in total. The first-order valence-electron chi connectivity index (χ1n) is 6.26. The van der Waals surface area contributed by atoms with Gasteiger partial charge < -0.3 is 10.6 Å². The normalized spacial score (nSPS) is 20.1. The number of nitrogens with zero attached hydrogens (tertiary/aromatic N) is 2. The van der Waals surface area contributed by atoms with E-state index in [-0.39, 0.29) is 32.1 Å². The molecular formula is C11H18F5N3O. The van der Waals surface area contributed by atoms with Crippen LogP contribution in [0.25, 0.3) is 0 Å². The van der Waals surface area contributed by atoms with Gasteiger partial charge in [0.15, 0.2) is 0 Å². The third-order valence-electron chi connectivity index (χ3n) is 3.26. The summed E-state index contributed by atoms with van der Waals surface area (Å²) in [6.07, 6.45) is -5.85. The minimum atomic E-state index is -5.85. The van der Waals surface area contributed by atoms with E-state index in [2.05, 4.69) is 0 Å². The summed E-state index contributed by atoms with van der Waals surface area (Å²) in [6.45, 7) is 3.27. The summed E-state index contributed by atoms with van der Waals surface area (Å²) in [7, 11) is 0. The number of alkyl halides is 5. The van der Waals surface area contributed by atoms with Gasteiger partial charge in [0.2, 0.25) is 0 Å². The molecule has 1 atom stereocenters. The van der Waals surface area contributed by atoms with Crippen LogP contribution in [0.2, 0.25) is 0 Å². The molecule has 0 bridgehead atoms. The second-order valence-electron chi connectivity index (χ2n) is 5.01. The number of halogens is 5. The lowest BCUT2D eigenvalue weighted by Gasteiger charge is -2.37. The minimum Gasteiger partial charge on any atom is -0.335 e. The van der Waals surface area contributed by atoms with Crippen LogP contribution in [0, 0.1) is 5.92 Å². The van der Waals surface area contributed by atoms with Crippen LogP contribution in [0.15, 0.2) is 0 Å². The summed E-state index contributed by atoms with van der Waals surface area (Å²) in [5, 5.41) is 0. The maximum atomic E-state index is 12.9. The lowest BCUT2D eigenvalue weighted by molar-refractivity contribution is -0.274. The molecular weight excluding hydrogens is 285 g/mol. The Morgan fingerprint density at radius 2 is 1.65 bits per heavy atom. The van der Waals surface area contributed by atoms with E-state index >= 15 is 0 Å². The van der Waals surface area contributed by atoms with E-state index in [0.29, 0.717) is 18.0 Å². The summed E-state index contributed by atoms with van der Waals surface area (Å²) >= 11 is 0. The average molecular weight is 303 g/mol. The number of hydrogen-bond donors (Lipinski definition) is 1. The summed E-state index contributed by atoms with van der Waals surface area (Å²) < 4.78 is 62.2. The minimum absolute atomic E-state index is 0.137. The molecule has 1 rings (SSSR count). The number of carbonyl (C=O) groups excluding carboxylic acids is 1. The van der Waals surface area contributed by atoms with Crippen molar-refractivity contribution >= 4 is 5.91 Å². The summed E-state index contributed by atoms with van der Waals surface area (Å²) in [4.78, 5) is 13.7. The summed E-state index contributed by atoms with van der Waals surface area (Å²) in [6, 6.07) is 0. The van der Waals surface area contributed by atoms with Crippen molar-refractivity contribution in [3.8, 4) is 0 Å². The highest BCUT2D eigenvalue weighted by molar-refractivity contribution is 5.84. The third kappa shape index (κ3) is 3.78. The molecule has 1 unspecified atom stereocenters. The largest absolute Gasteiger partial charge is 0.463 e. The Hall–Kier alpha value is -0.960. The number of carbonyl (C=O) groups is 1. The molecule has 1 saturated heterocycles. The number of amides is 1. The second-order valence-corrected chi connectivity index (χ2v) is 5.01. The van der Waals surface area contributed by atoms with Crippen molar-refractivity contribution in [2.24, 2.45) is 11.7 Å². The van der Waals surface area contributed by atoms with E-state index in [1.54, 1.807) is 0 Å². The molecule has 118 valence electrons. The quantitative estimate of drug-likeness (QED) is 0.786. The topological polar surface area (TPSA) is 49.6 Å². The molecule has 1 amide bonds. The monoisotopic (exact) mass is 303 g/mol. The SMILES string of the molecule is CC(CN)CN1CCN(C(=O)C(F)(F)C(F)(F)F)CC1. The zero-order valence-corrected chi connectivity index (χ0v) is 11.1. The van der Waals surface area contributed by atoms with Crippen LogP contribution in [0.3, 0.4) is 0 Å². The lowest BCUT2D eigenvalue weighted by atomic mass is 10.1. The van der Waals surface area contributed by atoms with Crippen molar-refractivity contribution in [1.29, 1.82) is 0 Å². The molecule has 0 radical (unpaired) electrons. The first-order chi connectivity index (χ1) is 9.09. The first kappa shape index (κ1) is 17.1. The van der Waals surface area contributed by atoms with Gasteiger partial charge in [-0.3, -0.25) is 9.69 Å². The van der Waals surface area contributed by atoms with Crippen molar-refractivity contribution in [2.45, 2.75) is 19.0 Å². The number of rotatable bonds is 4. The van der Waals surface area contributed by atoms with Crippen LogP contribution in [-0.4, -0.2) is 67.1 Å². The molecule has 1 aliphatic heterocycles. The molecule has 0 saturated carbocycles. The van der Waals surface area contributed by atoms with Crippen LogP contribution < -0.4 is 5.73 Å². The zero-order chi connectivity index (χ0) is 15.6. The Morgan fingerprint density at radius 1 is 1.15 bits per heavy atom. The van der Waals surface area contributed by atoms with Gasteiger partial charge in [0.1, 0.15) is 0 Å². The van der Waals surface area contributed by atoms with Crippen molar-refractivity contribution in [3.63, 3.8) is 0 Å². The third-order valence-corrected chi connectivity index (χ3v) is 3.26. The Bertz CT molecular complexity index is 339. The fraction of sp³-hybridized carbons (Fsp3) is 0.909. The van der Waals surface area contributed by atoms with Gasteiger partial charge >= 0.3 is 18.0 Å². The molecule has 9 heteroatoms.